The molecular weight excluding hydrogens is 366 g/mol. The Balaban J connectivity index is 2.28. The van der Waals surface area contributed by atoms with Crippen LogP contribution in [0.3, 0.4) is 0 Å². The Morgan fingerprint density at radius 2 is 1.60 bits per heavy atom. The topological polar surface area (TPSA) is 73.9 Å². The highest BCUT2D eigenvalue weighted by Gasteiger charge is 2.18. The summed E-state index contributed by atoms with van der Waals surface area (Å²) in [5.74, 6) is 1.36. The van der Waals surface area contributed by atoms with E-state index < -0.39 is 10.0 Å². The van der Waals surface area contributed by atoms with Gasteiger partial charge in [0, 0.05) is 11.6 Å². The fourth-order valence-corrected chi connectivity index (χ4v) is 3.88. The summed E-state index contributed by atoms with van der Waals surface area (Å²) in [5.41, 5.74) is 1.24. The minimum atomic E-state index is -3.68. The number of aryl methyl sites for hydroxylation is 1. The van der Waals surface area contributed by atoms with E-state index in [1.165, 1.54) is 27.4 Å². The maximum absolute atomic E-state index is 12.5. The molecule has 0 saturated carbocycles. The average Bonchev–Trinajstić information content (AvgIpc) is 2.58. The van der Waals surface area contributed by atoms with Gasteiger partial charge in [0.05, 0.1) is 26.2 Å². The Labute approximate surface area is 152 Å². The molecule has 2 aromatic carbocycles. The number of benzene rings is 2. The van der Waals surface area contributed by atoms with E-state index in [4.69, 9.17) is 25.8 Å². The summed E-state index contributed by atoms with van der Waals surface area (Å²) in [6, 6.07) is 8.02. The second-order valence-corrected chi connectivity index (χ2v) is 7.44. The van der Waals surface area contributed by atoms with E-state index in [1.54, 1.807) is 31.2 Å². The number of sulfonamides is 1. The van der Waals surface area contributed by atoms with Gasteiger partial charge in [-0.25, -0.2) is 13.1 Å². The summed E-state index contributed by atoms with van der Waals surface area (Å²) in [4.78, 5) is 0.185. The van der Waals surface area contributed by atoms with Crippen molar-refractivity contribution in [3.8, 4) is 17.2 Å². The average molecular weight is 386 g/mol. The molecule has 0 aliphatic rings. The van der Waals surface area contributed by atoms with Crippen molar-refractivity contribution in [2.24, 2.45) is 0 Å². The standard InChI is InChI=1S/C17H20ClNO5S/c1-11-7-13(18)5-6-16(11)25(20,21)19-10-12-8-14(22-2)17(24-4)15(9-12)23-3/h5-9,19H,10H2,1-4H3. The Bertz CT molecular complexity index is 842. The van der Waals surface area contributed by atoms with Crippen LogP contribution in [0.15, 0.2) is 35.2 Å². The van der Waals surface area contributed by atoms with E-state index >= 15 is 0 Å². The van der Waals surface area contributed by atoms with E-state index in [-0.39, 0.29) is 11.4 Å². The smallest absolute Gasteiger partial charge is 0.241 e. The molecule has 2 aromatic rings. The van der Waals surface area contributed by atoms with Gasteiger partial charge in [-0.1, -0.05) is 11.6 Å². The molecule has 0 atom stereocenters. The molecule has 0 aliphatic carbocycles. The molecule has 0 unspecified atom stereocenters. The van der Waals surface area contributed by atoms with Crippen molar-refractivity contribution in [2.45, 2.75) is 18.4 Å². The fraction of sp³-hybridized carbons (Fsp3) is 0.294. The molecule has 0 heterocycles. The number of methoxy groups -OCH3 is 3. The molecule has 0 spiro atoms. The van der Waals surface area contributed by atoms with Crippen LogP contribution in [0.1, 0.15) is 11.1 Å². The molecule has 0 aliphatic heterocycles. The highest BCUT2D eigenvalue weighted by atomic mass is 35.5. The minimum Gasteiger partial charge on any atom is -0.493 e. The van der Waals surface area contributed by atoms with Gasteiger partial charge in [-0.05, 0) is 48.4 Å². The van der Waals surface area contributed by atoms with Crippen molar-refractivity contribution in [2.75, 3.05) is 21.3 Å². The lowest BCUT2D eigenvalue weighted by atomic mass is 10.2. The molecule has 0 aromatic heterocycles. The van der Waals surface area contributed by atoms with Gasteiger partial charge < -0.3 is 14.2 Å². The first kappa shape index (κ1) is 19.4. The normalized spacial score (nSPS) is 11.2. The lowest BCUT2D eigenvalue weighted by Crippen LogP contribution is -2.24. The highest BCUT2D eigenvalue weighted by molar-refractivity contribution is 7.89. The SMILES string of the molecule is COc1cc(CNS(=O)(=O)c2ccc(Cl)cc2C)cc(OC)c1OC. The number of ether oxygens (including phenoxy) is 3. The monoisotopic (exact) mass is 385 g/mol. The summed E-state index contributed by atoms with van der Waals surface area (Å²) in [5, 5.41) is 0.487. The van der Waals surface area contributed by atoms with Crippen molar-refractivity contribution >= 4 is 21.6 Å². The Kier molecular flexibility index (Phi) is 6.16. The summed E-state index contributed by atoms with van der Waals surface area (Å²) >= 11 is 5.88. The lowest BCUT2D eigenvalue weighted by Gasteiger charge is -2.15. The second kappa shape index (κ2) is 7.95. The Hall–Kier alpha value is -1.96. The molecule has 0 radical (unpaired) electrons. The van der Waals surface area contributed by atoms with Gasteiger partial charge in [-0.3, -0.25) is 0 Å². The third kappa shape index (κ3) is 4.36. The molecule has 25 heavy (non-hydrogen) atoms. The van der Waals surface area contributed by atoms with Crippen LogP contribution in [0, 0.1) is 6.92 Å². The molecular formula is C17H20ClNO5S. The van der Waals surface area contributed by atoms with E-state index in [9.17, 15) is 8.42 Å². The van der Waals surface area contributed by atoms with Gasteiger partial charge in [0.1, 0.15) is 0 Å². The predicted octanol–water partition coefficient (Wildman–Crippen LogP) is 3.15. The molecule has 0 bridgehead atoms. The second-order valence-electron chi connectivity index (χ2n) is 5.27. The minimum absolute atomic E-state index is 0.0705. The molecule has 6 nitrogen and oxygen atoms in total. The van der Waals surface area contributed by atoms with Crippen LogP contribution < -0.4 is 18.9 Å². The van der Waals surface area contributed by atoms with Crippen molar-refractivity contribution in [1.29, 1.82) is 0 Å². The number of hydrogen-bond acceptors (Lipinski definition) is 5. The first-order chi connectivity index (χ1) is 11.8. The molecule has 0 fully saturated rings. The van der Waals surface area contributed by atoms with Crippen LogP contribution in [0.4, 0.5) is 0 Å². The first-order valence-corrected chi connectivity index (χ1v) is 9.23. The molecule has 1 N–H and O–H groups in total. The number of rotatable bonds is 7. The van der Waals surface area contributed by atoms with E-state index in [1.807, 2.05) is 0 Å². The summed E-state index contributed by atoms with van der Waals surface area (Å²) in [7, 11) is 0.828. The third-order valence-electron chi connectivity index (χ3n) is 3.62. The Morgan fingerprint density at radius 3 is 2.08 bits per heavy atom. The molecule has 2 rings (SSSR count). The summed E-state index contributed by atoms with van der Waals surface area (Å²) in [6.45, 7) is 1.76. The predicted molar refractivity (Wildman–Crippen MR) is 96.3 cm³/mol. The van der Waals surface area contributed by atoms with Crippen LogP contribution >= 0.6 is 11.6 Å². The van der Waals surface area contributed by atoms with Crippen LogP contribution in [-0.2, 0) is 16.6 Å². The van der Waals surface area contributed by atoms with Crippen molar-refractivity contribution in [3.63, 3.8) is 0 Å². The largest absolute Gasteiger partial charge is 0.493 e. The maximum Gasteiger partial charge on any atom is 0.241 e. The van der Waals surface area contributed by atoms with Crippen molar-refractivity contribution in [3.05, 3.63) is 46.5 Å². The third-order valence-corrected chi connectivity index (χ3v) is 5.41. The van der Waals surface area contributed by atoms with Gasteiger partial charge in [0.2, 0.25) is 15.8 Å². The quantitative estimate of drug-likeness (QED) is 0.792. The highest BCUT2D eigenvalue weighted by Crippen LogP contribution is 2.38. The maximum atomic E-state index is 12.5. The zero-order valence-electron chi connectivity index (χ0n) is 14.4. The van der Waals surface area contributed by atoms with Crippen molar-refractivity contribution < 1.29 is 22.6 Å². The first-order valence-electron chi connectivity index (χ1n) is 7.37. The van der Waals surface area contributed by atoms with E-state index in [0.717, 1.165) is 0 Å². The number of hydrogen-bond donors (Lipinski definition) is 1. The molecule has 8 heteroatoms. The summed E-state index contributed by atoms with van der Waals surface area (Å²) in [6.07, 6.45) is 0. The zero-order valence-corrected chi connectivity index (χ0v) is 16.0. The molecule has 136 valence electrons. The van der Waals surface area contributed by atoms with E-state index in [0.29, 0.717) is 33.4 Å². The number of halogens is 1. The van der Waals surface area contributed by atoms with Gasteiger partial charge in [-0.2, -0.15) is 0 Å². The zero-order chi connectivity index (χ0) is 18.6. The fourth-order valence-electron chi connectivity index (χ4n) is 2.41. The van der Waals surface area contributed by atoms with Crippen LogP contribution in [0.2, 0.25) is 5.02 Å². The van der Waals surface area contributed by atoms with Gasteiger partial charge in [0.15, 0.2) is 11.5 Å². The van der Waals surface area contributed by atoms with Gasteiger partial charge >= 0.3 is 0 Å². The van der Waals surface area contributed by atoms with E-state index in [2.05, 4.69) is 4.72 Å². The van der Waals surface area contributed by atoms with Gasteiger partial charge in [-0.15, -0.1) is 0 Å². The van der Waals surface area contributed by atoms with Crippen LogP contribution in [0.5, 0.6) is 17.2 Å². The summed E-state index contributed by atoms with van der Waals surface area (Å²) < 4.78 is 43.4. The lowest BCUT2D eigenvalue weighted by molar-refractivity contribution is 0.323. The molecule has 0 amide bonds. The van der Waals surface area contributed by atoms with Crippen LogP contribution in [0.25, 0.3) is 0 Å². The van der Waals surface area contributed by atoms with Gasteiger partial charge in [0.25, 0.3) is 0 Å². The molecule has 0 saturated heterocycles. The van der Waals surface area contributed by atoms with Crippen molar-refractivity contribution in [1.82, 2.24) is 4.72 Å². The number of nitrogens with one attached hydrogen (secondary N) is 1. The van der Waals surface area contributed by atoms with Crippen LogP contribution in [-0.4, -0.2) is 29.7 Å². The Morgan fingerprint density at radius 1 is 1.00 bits per heavy atom.